The Morgan fingerprint density at radius 2 is 2.24 bits per heavy atom. The van der Waals surface area contributed by atoms with E-state index in [1.807, 2.05) is 11.8 Å². The fraction of sp³-hybridized carbons (Fsp3) is 0.667. The average molecular weight is 305 g/mol. The molecule has 0 radical (unpaired) electrons. The van der Waals surface area contributed by atoms with E-state index in [9.17, 15) is 0 Å². The van der Waals surface area contributed by atoms with Gasteiger partial charge in [0.25, 0.3) is 0 Å². The lowest BCUT2D eigenvalue weighted by Crippen LogP contribution is -2.37. The molecule has 3 rings (SSSR count). The summed E-state index contributed by atoms with van der Waals surface area (Å²) in [7, 11) is 0. The molecule has 116 valence electrons. The molecule has 1 saturated heterocycles. The van der Waals surface area contributed by atoms with Crippen molar-refractivity contribution in [2.24, 2.45) is 11.3 Å². The van der Waals surface area contributed by atoms with Crippen molar-refractivity contribution >= 4 is 11.8 Å². The molecule has 0 amide bonds. The van der Waals surface area contributed by atoms with E-state index in [2.05, 4.69) is 43.4 Å². The second kappa shape index (κ2) is 6.72. The standard InChI is InChI=1S/C18H27NOS/c1-14(2)10-19-12-18(7-8-20-13-18)9-15-11-21-17-6-4-3-5-16(15)17/h3-6,14-15,19H,7-13H2,1-2H3. The van der Waals surface area contributed by atoms with Crippen LogP contribution in [0.15, 0.2) is 29.2 Å². The Morgan fingerprint density at radius 3 is 3.00 bits per heavy atom. The number of hydrogen-bond acceptors (Lipinski definition) is 3. The molecule has 0 aromatic heterocycles. The molecule has 0 saturated carbocycles. The van der Waals surface area contributed by atoms with Crippen LogP contribution in [0.25, 0.3) is 0 Å². The summed E-state index contributed by atoms with van der Waals surface area (Å²) in [5, 5.41) is 3.68. The first-order valence-electron chi connectivity index (χ1n) is 8.19. The van der Waals surface area contributed by atoms with Crippen LogP contribution in [0.4, 0.5) is 0 Å². The molecule has 1 N–H and O–H groups in total. The number of thioether (sulfide) groups is 1. The van der Waals surface area contributed by atoms with Crippen molar-refractivity contribution in [1.82, 2.24) is 5.32 Å². The van der Waals surface area contributed by atoms with Crippen molar-refractivity contribution < 1.29 is 4.74 Å². The van der Waals surface area contributed by atoms with Crippen LogP contribution < -0.4 is 5.32 Å². The van der Waals surface area contributed by atoms with E-state index in [-0.39, 0.29) is 0 Å². The predicted octanol–water partition coefficient (Wildman–Crippen LogP) is 3.92. The third-order valence-electron chi connectivity index (χ3n) is 4.72. The highest BCUT2D eigenvalue weighted by Crippen LogP contribution is 2.46. The van der Waals surface area contributed by atoms with Gasteiger partial charge in [0.05, 0.1) is 6.61 Å². The summed E-state index contributed by atoms with van der Waals surface area (Å²) < 4.78 is 5.77. The predicted molar refractivity (Wildman–Crippen MR) is 90.1 cm³/mol. The van der Waals surface area contributed by atoms with Crippen LogP contribution in [0.2, 0.25) is 0 Å². The second-order valence-electron chi connectivity index (χ2n) is 7.08. The van der Waals surface area contributed by atoms with Crippen LogP contribution in [-0.2, 0) is 4.74 Å². The van der Waals surface area contributed by atoms with Crippen LogP contribution in [0.3, 0.4) is 0 Å². The van der Waals surface area contributed by atoms with E-state index in [0.29, 0.717) is 17.3 Å². The summed E-state index contributed by atoms with van der Waals surface area (Å²) in [5.74, 6) is 2.66. The Hall–Kier alpha value is -0.510. The van der Waals surface area contributed by atoms with Gasteiger partial charge in [0.1, 0.15) is 0 Å². The molecular weight excluding hydrogens is 278 g/mol. The van der Waals surface area contributed by atoms with Crippen molar-refractivity contribution in [1.29, 1.82) is 0 Å². The highest BCUT2D eigenvalue weighted by atomic mass is 32.2. The fourth-order valence-corrected chi connectivity index (χ4v) is 4.82. The van der Waals surface area contributed by atoms with Crippen molar-refractivity contribution in [3.05, 3.63) is 29.8 Å². The SMILES string of the molecule is CC(C)CNCC1(CC2CSc3ccccc32)CCOC1. The molecule has 1 aromatic rings. The van der Waals surface area contributed by atoms with Gasteiger partial charge in [-0.1, -0.05) is 32.0 Å². The Bertz CT molecular complexity index is 468. The van der Waals surface area contributed by atoms with Crippen molar-refractivity contribution in [2.75, 3.05) is 32.1 Å². The maximum Gasteiger partial charge on any atom is 0.0535 e. The van der Waals surface area contributed by atoms with Gasteiger partial charge in [-0.05, 0) is 42.9 Å². The molecule has 2 aliphatic rings. The van der Waals surface area contributed by atoms with Crippen LogP contribution in [0, 0.1) is 11.3 Å². The van der Waals surface area contributed by atoms with Crippen molar-refractivity contribution in [2.45, 2.75) is 37.5 Å². The maximum atomic E-state index is 5.77. The largest absolute Gasteiger partial charge is 0.381 e. The summed E-state index contributed by atoms with van der Waals surface area (Å²) in [6.45, 7) is 8.63. The molecule has 2 heterocycles. The highest BCUT2D eigenvalue weighted by molar-refractivity contribution is 7.99. The fourth-order valence-electron chi connectivity index (χ4n) is 3.57. The lowest BCUT2D eigenvalue weighted by Gasteiger charge is -2.31. The molecule has 3 heteroatoms. The molecule has 2 nitrogen and oxygen atoms in total. The first kappa shape index (κ1) is 15.4. The number of nitrogens with one attached hydrogen (secondary N) is 1. The smallest absolute Gasteiger partial charge is 0.0535 e. The minimum absolute atomic E-state index is 0.345. The second-order valence-corrected chi connectivity index (χ2v) is 8.14. The molecule has 2 unspecified atom stereocenters. The third kappa shape index (κ3) is 3.64. The van der Waals surface area contributed by atoms with E-state index < -0.39 is 0 Å². The summed E-state index contributed by atoms with van der Waals surface area (Å²) in [6, 6.07) is 8.94. The maximum absolute atomic E-state index is 5.77. The first-order valence-corrected chi connectivity index (χ1v) is 9.17. The van der Waals surface area contributed by atoms with E-state index in [4.69, 9.17) is 4.74 Å². The van der Waals surface area contributed by atoms with Gasteiger partial charge in [-0.15, -0.1) is 11.8 Å². The number of benzene rings is 1. The Kier molecular flexibility index (Phi) is 4.92. The molecule has 2 atom stereocenters. The number of fused-ring (bicyclic) bond motifs is 1. The molecule has 0 aliphatic carbocycles. The van der Waals surface area contributed by atoms with E-state index in [1.54, 1.807) is 5.56 Å². The van der Waals surface area contributed by atoms with Crippen molar-refractivity contribution in [3.8, 4) is 0 Å². The number of rotatable bonds is 6. The number of ether oxygens (including phenoxy) is 1. The van der Waals surface area contributed by atoms with Crippen LogP contribution in [0.1, 0.15) is 38.2 Å². The van der Waals surface area contributed by atoms with E-state index in [1.165, 1.54) is 23.5 Å². The van der Waals surface area contributed by atoms with Crippen molar-refractivity contribution in [3.63, 3.8) is 0 Å². The minimum atomic E-state index is 0.345. The lowest BCUT2D eigenvalue weighted by molar-refractivity contribution is 0.139. The quantitative estimate of drug-likeness (QED) is 0.861. The molecule has 0 bridgehead atoms. The number of hydrogen-bond donors (Lipinski definition) is 1. The topological polar surface area (TPSA) is 21.3 Å². The van der Waals surface area contributed by atoms with E-state index >= 15 is 0 Å². The minimum Gasteiger partial charge on any atom is -0.381 e. The molecular formula is C18H27NOS. The molecule has 1 aromatic carbocycles. The van der Waals surface area contributed by atoms with Gasteiger partial charge >= 0.3 is 0 Å². The van der Waals surface area contributed by atoms with Gasteiger partial charge < -0.3 is 10.1 Å². The van der Waals surface area contributed by atoms with Gasteiger partial charge in [0, 0.05) is 29.2 Å². The third-order valence-corrected chi connectivity index (χ3v) is 5.97. The molecule has 21 heavy (non-hydrogen) atoms. The molecule has 2 aliphatic heterocycles. The Balaban J connectivity index is 1.66. The van der Waals surface area contributed by atoms with Crippen LogP contribution in [-0.4, -0.2) is 32.1 Å². The summed E-state index contributed by atoms with van der Waals surface area (Å²) >= 11 is 2.03. The van der Waals surface area contributed by atoms with Gasteiger partial charge in [0.15, 0.2) is 0 Å². The summed E-state index contributed by atoms with van der Waals surface area (Å²) in [5.41, 5.74) is 1.91. The Morgan fingerprint density at radius 1 is 1.38 bits per heavy atom. The van der Waals surface area contributed by atoms with Gasteiger partial charge in [-0.2, -0.15) is 0 Å². The lowest BCUT2D eigenvalue weighted by atomic mass is 9.77. The van der Waals surface area contributed by atoms with Gasteiger partial charge in [-0.25, -0.2) is 0 Å². The van der Waals surface area contributed by atoms with Crippen LogP contribution >= 0.6 is 11.8 Å². The van der Waals surface area contributed by atoms with Gasteiger partial charge in [0.2, 0.25) is 0 Å². The average Bonchev–Trinajstić information content (AvgIpc) is 3.07. The summed E-state index contributed by atoms with van der Waals surface area (Å²) in [4.78, 5) is 1.49. The zero-order chi connectivity index (χ0) is 14.7. The van der Waals surface area contributed by atoms with E-state index in [0.717, 1.165) is 26.3 Å². The van der Waals surface area contributed by atoms with Gasteiger partial charge in [-0.3, -0.25) is 0 Å². The first-order chi connectivity index (χ1) is 10.2. The van der Waals surface area contributed by atoms with Crippen LogP contribution in [0.5, 0.6) is 0 Å². The zero-order valence-corrected chi connectivity index (χ0v) is 14.0. The normalized spacial score (nSPS) is 28.2. The Labute approximate surface area is 133 Å². The summed E-state index contributed by atoms with van der Waals surface area (Å²) in [6.07, 6.45) is 2.48. The highest BCUT2D eigenvalue weighted by Gasteiger charge is 2.38. The molecule has 1 fully saturated rings. The monoisotopic (exact) mass is 305 g/mol. The molecule has 0 spiro atoms. The zero-order valence-electron chi connectivity index (χ0n) is 13.2.